The topological polar surface area (TPSA) is 51.8 Å². The van der Waals surface area contributed by atoms with Crippen molar-refractivity contribution in [2.45, 2.75) is 26.8 Å². The van der Waals surface area contributed by atoms with Crippen LogP contribution in [0.15, 0.2) is 36.7 Å². The third-order valence-electron chi connectivity index (χ3n) is 3.07. The molecule has 2 N–H and O–H groups in total. The van der Waals surface area contributed by atoms with Crippen LogP contribution in [0.3, 0.4) is 0 Å². The summed E-state index contributed by atoms with van der Waals surface area (Å²) in [6.07, 6.45) is 3.55. The molecule has 3 nitrogen and oxygen atoms in total. The van der Waals surface area contributed by atoms with Gasteiger partial charge in [0, 0.05) is 28.5 Å². The van der Waals surface area contributed by atoms with E-state index in [1.807, 2.05) is 24.3 Å². The third-order valence-corrected chi connectivity index (χ3v) is 3.40. The summed E-state index contributed by atoms with van der Waals surface area (Å²) in [4.78, 5) is 8.74. The fraction of sp³-hybridized carbons (Fsp3) is 0.333. The summed E-state index contributed by atoms with van der Waals surface area (Å²) in [6.45, 7) is 6.22. The Bertz CT molecular complexity index is 558. The first-order valence-corrected chi connectivity index (χ1v) is 6.60. The van der Waals surface area contributed by atoms with Crippen molar-refractivity contribution in [1.29, 1.82) is 0 Å². The van der Waals surface area contributed by atoms with Gasteiger partial charge in [-0.25, -0.2) is 9.97 Å². The number of halogens is 1. The van der Waals surface area contributed by atoms with Gasteiger partial charge in [0.2, 0.25) is 0 Å². The molecular formula is C15H18ClN3. The minimum Gasteiger partial charge on any atom is -0.321 e. The molecule has 1 aromatic heterocycles. The minimum atomic E-state index is -0.187. The Labute approximate surface area is 118 Å². The molecule has 0 amide bonds. The molecule has 0 radical (unpaired) electrons. The zero-order valence-electron chi connectivity index (χ0n) is 11.4. The first-order valence-electron chi connectivity index (χ1n) is 6.22. The van der Waals surface area contributed by atoms with Crippen LogP contribution in [0.1, 0.15) is 32.6 Å². The monoisotopic (exact) mass is 275 g/mol. The molecule has 0 fully saturated rings. The van der Waals surface area contributed by atoms with Gasteiger partial charge in [0.1, 0.15) is 5.82 Å². The highest BCUT2D eigenvalue weighted by molar-refractivity contribution is 6.33. The predicted octanol–water partition coefficient (Wildman–Crippen LogP) is 3.84. The van der Waals surface area contributed by atoms with Gasteiger partial charge in [-0.05, 0) is 11.5 Å². The minimum absolute atomic E-state index is 0.0636. The molecule has 2 aromatic rings. The maximum atomic E-state index is 6.15. The molecule has 0 bridgehead atoms. The van der Waals surface area contributed by atoms with Gasteiger partial charge < -0.3 is 5.73 Å². The molecule has 0 aliphatic carbocycles. The highest BCUT2D eigenvalue weighted by atomic mass is 35.5. The smallest absolute Gasteiger partial charge is 0.145 e. The van der Waals surface area contributed by atoms with E-state index in [-0.39, 0.29) is 11.5 Å². The molecule has 0 saturated heterocycles. The second-order valence-electron chi connectivity index (χ2n) is 5.65. The van der Waals surface area contributed by atoms with Gasteiger partial charge in [0.15, 0.2) is 0 Å². The lowest BCUT2D eigenvalue weighted by Gasteiger charge is -2.25. The summed E-state index contributed by atoms with van der Waals surface area (Å²) in [5.74, 6) is 0.656. The fourth-order valence-corrected chi connectivity index (χ4v) is 1.97. The Hall–Kier alpha value is -1.45. The van der Waals surface area contributed by atoms with E-state index in [0.717, 1.165) is 11.1 Å². The van der Waals surface area contributed by atoms with E-state index in [1.54, 1.807) is 12.4 Å². The van der Waals surface area contributed by atoms with Crippen LogP contribution in [-0.2, 0) is 0 Å². The van der Waals surface area contributed by atoms with Gasteiger partial charge in [-0.3, -0.25) is 0 Å². The molecule has 1 aromatic carbocycles. The number of hydrogen-bond donors (Lipinski definition) is 1. The lowest BCUT2D eigenvalue weighted by molar-refractivity contribution is 0.315. The quantitative estimate of drug-likeness (QED) is 0.906. The normalized spacial score (nSPS) is 13.3. The lowest BCUT2D eigenvalue weighted by Crippen LogP contribution is -2.28. The van der Waals surface area contributed by atoms with Crippen molar-refractivity contribution in [2.75, 3.05) is 0 Å². The number of nitrogens with zero attached hydrogens (tertiary/aromatic N) is 2. The number of nitrogens with two attached hydrogens (primary N) is 1. The van der Waals surface area contributed by atoms with Crippen molar-refractivity contribution >= 4 is 11.6 Å². The van der Waals surface area contributed by atoms with Crippen LogP contribution in [0, 0.1) is 5.41 Å². The fourth-order valence-electron chi connectivity index (χ4n) is 1.72. The molecule has 4 heteroatoms. The van der Waals surface area contributed by atoms with Crippen LogP contribution in [0.2, 0.25) is 5.02 Å². The third kappa shape index (κ3) is 3.11. The van der Waals surface area contributed by atoms with Gasteiger partial charge in [-0.2, -0.15) is 0 Å². The molecule has 0 spiro atoms. The number of hydrogen-bond acceptors (Lipinski definition) is 3. The summed E-state index contributed by atoms with van der Waals surface area (Å²) in [5.41, 5.74) is 7.91. The Morgan fingerprint density at radius 2 is 1.68 bits per heavy atom. The van der Waals surface area contributed by atoms with E-state index in [9.17, 15) is 0 Å². The van der Waals surface area contributed by atoms with E-state index in [2.05, 4.69) is 30.7 Å². The van der Waals surface area contributed by atoms with E-state index < -0.39 is 0 Å². The van der Waals surface area contributed by atoms with Crippen molar-refractivity contribution in [3.8, 4) is 11.1 Å². The maximum absolute atomic E-state index is 6.15. The van der Waals surface area contributed by atoms with Crippen molar-refractivity contribution < 1.29 is 0 Å². The van der Waals surface area contributed by atoms with Crippen molar-refractivity contribution in [2.24, 2.45) is 11.1 Å². The van der Waals surface area contributed by atoms with Gasteiger partial charge in [0.25, 0.3) is 0 Å². The van der Waals surface area contributed by atoms with Crippen LogP contribution in [0.25, 0.3) is 11.1 Å². The summed E-state index contributed by atoms with van der Waals surface area (Å²) < 4.78 is 0. The Morgan fingerprint density at radius 1 is 1.11 bits per heavy atom. The van der Waals surface area contributed by atoms with E-state index in [0.29, 0.717) is 10.8 Å². The van der Waals surface area contributed by atoms with Crippen LogP contribution >= 0.6 is 11.6 Å². The summed E-state index contributed by atoms with van der Waals surface area (Å²) in [5, 5.41) is 0.693. The van der Waals surface area contributed by atoms with Crippen LogP contribution in [0.4, 0.5) is 0 Å². The standard InChI is InChI=1S/C15H18ClN3/c1-15(2,3)13(17)14-18-8-10(9-19-14)11-6-4-5-7-12(11)16/h4-9,13H,17H2,1-3H3. The summed E-state index contributed by atoms with van der Waals surface area (Å²) in [6, 6.07) is 7.45. The Balaban J connectivity index is 2.32. The van der Waals surface area contributed by atoms with E-state index in [4.69, 9.17) is 17.3 Å². The number of benzene rings is 1. The van der Waals surface area contributed by atoms with Gasteiger partial charge in [-0.15, -0.1) is 0 Å². The molecule has 2 rings (SSSR count). The van der Waals surface area contributed by atoms with Crippen molar-refractivity contribution in [1.82, 2.24) is 9.97 Å². The molecule has 100 valence electrons. The van der Waals surface area contributed by atoms with Crippen LogP contribution < -0.4 is 5.73 Å². The molecule has 0 aliphatic rings. The number of aromatic nitrogens is 2. The zero-order valence-corrected chi connectivity index (χ0v) is 12.1. The lowest BCUT2D eigenvalue weighted by atomic mass is 9.87. The summed E-state index contributed by atoms with van der Waals surface area (Å²) >= 11 is 6.15. The summed E-state index contributed by atoms with van der Waals surface area (Å²) in [7, 11) is 0. The molecule has 1 heterocycles. The zero-order chi connectivity index (χ0) is 14.0. The van der Waals surface area contributed by atoms with Crippen LogP contribution in [0.5, 0.6) is 0 Å². The number of rotatable bonds is 2. The van der Waals surface area contributed by atoms with Gasteiger partial charge in [0.05, 0.1) is 6.04 Å². The molecule has 1 unspecified atom stereocenters. The second-order valence-corrected chi connectivity index (χ2v) is 6.06. The van der Waals surface area contributed by atoms with Crippen molar-refractivity contribution in [3.05, 3.63) is 47.5 Å². The highest BCUT2D eigenvalue weighted by Crippen LogP contribution is 2.30. The molecule has 0 aliphatic heterocycles. The molecule has 1 atom stereocenters. The largest absolute Gasteiger partial charge is 0.321 e. The van der Waals surface area contributed by atoms with Crippen LogP contribution in [-0.4, -0.2) is 9.97 Å². The average Bonchev–Trinajstić information content (AvgIpc) is 2.38. The molecule has 19 heavy (non-hydrogen) atoms. The maximum Gasteiger partial charge on any atom is 0.145 e. The highest BCUT2D eigenvalue weighted by Gasteiger charge is 2.24. The average molecular weight is 276 g/mol. The second kappa shape index (κ2) is 5.27. The van der Waals surface area contributed by atoms with Gasteiger partial charge >= 0.3 is 0 Å². The van der Waals surface area contributed by atoms with Crippen molar-refractivity contribution in [3.63, 3.8) is 0 Å². The Kier molecular flexibility index (Phi) is 3.88. The first-order chi connectivity index (χ1) is 8.89. The van der Waals surface area contributed by atoms with E-state index in [1.165, 1.54) is 0 Å². The Morgan fingerprint density at radius 3 is 2.21 bits per heavy atom. The van der Waals surface area contributed by atoms with E-state index >= 15 is 0 Å². The SMILES string of the molecule is CC(C)(C)C(N)c1ncc(-c2ccccc2Cl)cn1. The molecule has 0 saturated carbocycles. The first kappa shape index (κ1) is 14.0. The van der Waals surface area contributed by atoms with Gasteiger partial charge in [-0.1, -0.05) is 50.6 Å². The molecular weight excluding hydrogens is 258 g/mol. The predicted molar refractivity (Wildman–Crippen MR) is 78.9 cm³/mol.